The number of carbonyl (C=O) groups is 2. The number of hydrogen-bond donors (Lipinski definition) is 2. The third-order valence-electron chi connectivity index (χ3n) is 4.98. The molecule has 32 heavy (non-hydrogen) atoms. The summed E-state index contributed by atoms with van der Waals surface area (Å²) >= 11 is 0. The molecule has 0 atom stereocenters. The number of anilines is 1. The van der Waals surface area contributed by atoms with Gasteiger partial charge in [-0.3, -0.25) is 14.5 Å². The van der Waals surface area contributed by atoms with Crippen molar-refractivity contribution in [2.75, 3.05) is 44.6 Å². The normalized spacial score (nSPS) is 14.9. The molecule has 2 aromatic rings. The van der Waals surface area contributed by atoms with Gasteiger partial charge in [-0.1, -0.05) is 0 Å². The fourth-order valence-corrected chi connectivity index (χ4v) is 4.27. The Labute approximate surface area is 185 Å². The standard InChI is InChI=1S/C21H24F2N4O4S/c22-16-1-5-18(6-2-16)25-20(28)15-26-11-13-27(14-12-26)21(29)9-10-24-32(30,31)19-7-3-17(23)4-8-19/h1-8,24H,9-15H2,(H,25,28). The van der Waals surface area contributed by atoms with Gasteiger partial charge >= 0.3 is 0 Å². The molecule has 0 bridgehead atoms. The fraction of sp³-hybridized carbons (Fsp3) is 0.333. The number of nitrogens with one attached hydrogen (secondary N) is 2. The zero-order valence-electron chi connectivity index (χ0n) is 17.3. The molecule has 2 amide bonds. The number of halogens is 2. The Kier molecular flexibility index (Phi) is 7.89. The minimum atomic E-state index is -3.81. The van der Waals surface area contributed by atoms with Crippen LogP contribution in [0, 0.1) is 11.6 Å². The first-order valence-electron chi connectivity index (χ1n) is 10.0. The minimum absolute atomic E-state index is 0.00845. The van der Waals surface area contributed by atoms with E-state index in [2.05, 4.69) is 10.0 Å². The molecular formula is C21H24F2N4O4S. The summed E-state index contributed by atoms with van der Waals surface area (Å²) in [6, 6.07) is 9.91. The highest BCUT2D eigenvalue weighted by Crippen LogP contribution is 2.11. The van der Waals surface area contributed by atoms with Gasteiger partial charge in [-0.25, -0.2) is 21.9 Å². The molecule has 2 aromatic carbocycles. The van der Waals surface area contributed by atoms with Gasteiger partial charge in [-0.05, 0) is 48.5 Å². The number of sulfonamides is 1. The third kappa shape index (κ3) is 6.81. The van der Waals surface area contributed by atoms with Crippen molar-refractivity contribution >= 4 is 27.5 Å². The molecule has 0 aliphatic carbocycles. The van der Waals surface area contributed by atoms with E-state index in [1.54, 1.807) is 4.90 Å². The maximum atomic E-state index is 12.9. The molecule has 2 N–H and O–H groups in total. The van der Waals surface area contributed by atoms with Gasteiger partial charge in [0.1, 0.15) is 11.6 Å². The first-order chi connectivity index (χ1) is 15.2. The molecule has 0 aromatic heterocycles. The quantitative estimate of drug-likeness (QED) is 0.613. The molecular weight excluding hydrogens is 442 g/mol. The Bertz CT molecular complexity index is 1040. The van der Waals surface area contributed by atoms with Crippen LogP contribution in [-0.2, 0) is 19.6 Å². The summed E-state index contributed by atoms with van der Waals surface area (Å²) in [4.78, 5) is 28.0. The molecule has 1 heterocycles. The molecule has 0 spiro atoms. The lowest BCUT2D eigenvalue weighted by molar-refractivity contribution is -0.132. The predicted molar refractivity (Wildman–Crippen MR) is 114 cm³/mol. The van der Waals surface area contributed by atoms with Crippen molar-refractivity contribution in [2.24, 2.45) is 0 Å². The molecule has 172 valence electrons. The van der Waals surface area contributed by atoms with Crippen molar-refractivity contribution in [3.8, 4) is 0 Å². The van der Waals surface area contributed by atoms with Gasteiger partial charge in [0.25, 0.3) is 0 Å². The van der Waals surface area contributed by atoms with Gasteiger partial charge in [-0.2, -0.15) is 0 Å². The van der Waals surface area contributed by atoms with Gasteiger partial charge in [0.15, 0.2) is 0 Å². The molecule has 0 radical (unpaired) electrons. The van der Waals surface area contributed by atoms with E-state index in [1.165, 1.54) is 24.3 Å². The lowest BCUT2D eigenvalue weighted by Gasteiger charge is -2.34. The number of nitrogens with zero attached hydrogens (tertiary/aromatic N) is 2. The Morgan fingerprint density at radius 3 is 2.03 bits per heavy atom. The monoisotopic (exact) mass is 466 g/mol. The van der Waals surface area contributed by atoms with E-state index >= 15 is 0 Å². The fourth-order valence-electron chi connectivity index (χ4n) is 3.24. The van der Waals surface area contributed by atoms with E-state index in [9.17, 15) is 26.8 Å². The lowest BCUT2D eigenvalue weighted by Crippen LogP contribution is -2.50. The van der Waals surface area contributed by atoms with Crippen molar-refractivity contribution in [1.82, 2.24) is 14.5 Å². The highest BCUT2D eigenvalue weighted by molar-refractivity contribution is 7.89. The molecule has 3 rings (SSSR count). The smallest absolute Gasteiger partial charge is 0.240 e. The molecule has 1 fully saturated rings. The number of benzene rings is 2. The molecule has 11 heteroatoms. The van der Waals surface area contributed by atoms with Crippen LogP contribution in [0.4, 0.5) is 14.5 Å². The van der Waals surface area contributed by atoms with Crippen molar-refractivity contribution < 1.29 is 26.8 Å². The number of amides is 2. The summed E-state index contributed by atoms with van der Waals surface area (Å²) in [5, 5.41) is 2.70. The maximum Gasteiger partial charge on any atom is 0.240 e. The van der Waals surface area contributed by atoms with Crippen molar-refractivity contribution in [3.63, 3.8) is 0 Å². The summed E-state index contributed by atoms with van der Waals surface area (Å²) in [6.45, 7) is 1.93. The SMILES string of the molecule is O=C(CN1CCN(C(=O)CCNS(=O)(=O)c2ccc(F)cc2)CC1)Nc1ccc(F)cc1. The molecule has 1 saturated heterocycles. The number of carbonyl (C=O) groups excluding carboxylic acids is 2. The highest BCUT2D eigenvalue weighted by Gasteiger charge is 2.23. The lowest BCUT2D eigenvalue weighted by atomic mass is 10.2. The Hall–Kier alpha value is -2.89. The highest BCUT2D eigenvalue weighted by atomic mass is 32.2. The van der Waals surface area contributed by atoms with Gasteiger partial charge in [0.05, 0.1) is 11.4 Å². The maximum absolute atomic E-state index is 12.9. The van der Waals surface area contributed by atoms with Crippen molar-refractivity contribution in [3.05, 3.63) is 60.2 Å². The van der Waals surface area contributed by atoms with E-state index in [1.807, 2.05) is 4.90 Å². The Balaban J connectivity index is 1.38. The Morgan fingerprint density at radius 1 is 0.875 bits per heavy atom. The van der Waals surface area contributed by atoms with Crippen LogP contribution in [-0.4, -0.2) is 69.3 Å². The van der Waals surface area contributed by atoms with Crippen LogP contribution in [0.1, 0.15) is 6.42 Å². The van der Waals surface area contributed by atoms with Crippen LogP contribution < -0.4 is 10.0 Å². The van der Waals surface area contributed by atoms with Crippen LogP contribution in [0.3, 0.4) is 0 Å². The molecule has 0 unspecified atom stereocenters. The van der Waals surface area contributed by atoms with E-state index in [0.717, 1.165) is 24.3 Å². The van der Waals surface area contributed by atoms with E-state index in [0.29, 0.717) is 31.9 Å². The van der Waals surface area contributed by atoms with Crippen LogP contribution in [0.15, 0.2) is 53.4 Å². The summed E-state index contributed by atoms with van der Waals surface area (Å²) in [5.41, 5.74) is 0.508. The summed E-state index contributed by atoms with van der Waals surface area (Å²) in [5.74, 6) is -1.34. The topological polar surface area (TPSA) is 98.8 Å². The zero-order chi connectivity index (χ0) is 23.1. The van der Waals surface area contributed by atoms with Gasteiger partial charge in [0.2, 0.25) is 21.8 Å². The molecule has 0 saturated carbocycles. The third-order valence-corrected chi connectivity index (χ3v) is 6.45. The largest absolute Gasteiger partial charge is 0.340 e. The number of piperazine rings is 1. The first kappa shape index (κ1) is 23.8. The summed E-state index contributed by atoms with van der Waals surface area (Å²) in [7, 11) is -3.81. The minimum Gasteiger partial charge on any atom is -0.340 e. The average Bonchev–Trinajstić information content (AvgIpc) is 2.76. The van der Waals surface area contributed by atoms with Crippen LogP contribution in [0.5, 0.6) is 0 Å². The molecule has 8 nitrogen and oxygen atoms in total. The van der Waals surface area contributed by atoms with E-state index in [4.69, 9.17) is 0 Å². The van der Waals surface area contributed by atoms with Crippen molar-refractivity contribution in [2.45, 2.75) is 11.3 Å². The second kappa shape index (κ2) is 10.6. The van der Waals surface area contributed by atoms with Crippen LogP contribution >= 0.6 is 0 Å². The van der Waals surface area contributed by atoms with Gasteiger partial charge < -0.3 is 10.2 Å². The van der Waals surface area contributed by atoms with E-state index in [-0.39, 0.29) is 42.0 Å². The number of rotatable bonds is 8. The van der Waals surface area contributed by atoms with Crippen LogP contribution in [0.2, 0.25) is 0 Å². The average molecular weight is 467 g/mol. The van der Waals surface area contributed by atoms with Crippen LogP contribution in [0.25, 0.3) is 0 Å². The van der Waals surface area contributed by atoms with Gasteiger partial charge in [0, 0.05) is 44.8 Å². The predicted octanol–water partition coefficient (Wildman–Crippen LogP) is 1.42. The Morgan fingerprint density at radius 2 is 1.44 bits per heavy atom. The summed E-state index contributed by atoms with van der Waals surface area (Å²) < 4.78 is 52.6. The van der Waals surface area contributed by atoms with Crippen molar-refractivity contribution in [1.29, 1.82) is 0 Å². The number of hydrogen-bond acceptors (Lipinski definition) is 5. The first-order valence-corrected chi connectivity index (χ1v) is 11.5. The molecule has 1 aliphatic rings. The molecule has 1 aliphatic heterocycles. The van der Waals surface area contributed by atoms with Gasteiger partial charge in [-0.15, -0.1) is 0 Å². The second-order valence-electron chi connectivity index (χ2n) is 7.31. The second-order valence-corrected chi connectivity index (χ2v) is 9.08. The zero-order valence-corrected chi connectivity index (χ0v) is 18.1. The summed E-state index contributed by atoms with van der Waals surface area (Å²) in [6.07, 6.45) is -0.00845. The van der Waals surface area contributed by atoms with E-state index < -0.39 is 15.8 Å².